The van der Waals surface area contributed by atoms with Gasteiger partial charge in [-0.2, -0.15) is 0 Å². The highest BCUT2D eigenvalue weighted by molar-refractivity contribution is 6.21. The van der Waals surface area contributed by atoms with E-state index < -0.39 is 0 Å². The molecule has 9 aromatic carbocycles. The van der Waals surface area contributed by atoms with Crippen LogP contribution in [0, 0.1) is 41.5 Å². The number of furan rings is 2. The highest BCUT2D eigenvalue weighted by atomic mass is 16.3. The smallest absolute Gasteiger partial charge is 0.145 e. The van der Waals surface area contributed by atoms with Crippen LogP contribution in [0.5, 0.6) is 0 Å². The number of aryl methyl sites for hydroxylation is 6. The van der Waals surface area contributed by atoms with Gasteiger partial charge in [-0.3, -0.25) is 0 Å². The molecule has 11 aromatic rings. The van der Waals surface area contributed by atoms with Gasteiger partial charge in [-0.25, -0.2) is 0 Å². The molecule has 0 spiro atoms. The fourth-order valence-corrected chi connectivity index (χ4v) is 12.5. The molecule has 0 fully saturated rings. The largest absolute Gasteiger partial charge is 0.455 e. The zero-order valence-corrected chi connectivity index (χ0v) is 41.7. The summed E-state index contributed by atoms with van der Waals surface area (Å²) in [5.74, 6) is 0. The highest BCUT2D eigenvalue weighted by Crippen LogP contribution is 2.62. The second-order valence-electron chi connectivity index (χ2n) is 21.3. The van der Waals surface area contributed by atoms with Crippen LogP contribution in [0.1, 0.15) is 83.3 Å². The van der Waals surface area contributed by atoms with Crippen molar-refractivity contribution in [3.8, 4) is 22.3 Å². The molecule has 2 aliphatic carbocycles. The SMILES string of the molecule is Cc1ccc(N(c2ccccc2C)c2cc3c(c4oc5ccccc5c24)-c2cc4c(cc2C3(C)C)-c2c(cc(N(c3ccccc3C)c3ccc(C)cc3C)c3c2oc2ccccc23)C4(C)C)c(C)c1. The fraction of sp³-hybridized carbons (Fsp3) is 0.182. The van der Waals surface area contributed by atoms with E-state index in [0.29, 0.717) is 0 Å². The molecule has 70 heavy (non-hydrogen) atoms. The number of hydrogen-bond acceptors (Lipinski definition) is 4. The van der Waals surface area contributed by atoms with Crippen molar-refractivity contribution in [2.45, 2.75) is 80.1 Å². The van der Waals surface area contributed by atoms with Gasteiger partial charge in [-0.1, -0.05) is 136 Å². The van der Waals surface area contributed by atoms with Gasteiger partial charge in [0.1, 0.15) is 22.3 Å². The minimum Gasteiger partial charge on any atom is -0.455 e. The molecule has 0 saturated heterocycles. The van der Waals surface area contributed by atoms with E-state index in [2.05, 4.69) is 237 Å². The summed E-state index contributed by atoms with van der Waals surface area (Å²) >= 11 is 0. The molecule has 0 amide bonds. The zero-order valence-electron chi connectivity index (χ0n) is 41.7. The van der Waals surface area contributed by atoms with E-state index >= 15 is 0 Å². The monoisotopic (exact) mass is 908 g/mol. The lowest BCUT2D eigenvalue weighted by Crippen LogP contribution is -2.18. The number of fused-ring (bicyclic) bond motifs is 14. The molecule has 2 aromatic heterocycles. The lowest BCUT2D eigenvalue weighted by molar-refractivity contribution is 0.648. The van der Waals surface area contributed by atoms with E-state index in [4.69, 9.17) is 8.83 Å². The van der Waals surface area contributed by atoms with Gasteiger partial charge in [-0.15, -0.1) is 0 Å². The first-order valence-corrected chi connectivity index (χ1v) is 24.8. The normalized spacial score (nSPS) is 14.1. The average Bonchev–Trinajstić information content (AvgIpc) is 4.04. The molecule has 4 heteroatoms. The molecular formula is C66H56N2O2. The summed E-state index contributed by atoms with van der Waals surface area (Å²) in [7, 11) is 0. The van der Waals surface area contributed by atoms with Gasteiger partial charge in [0.05, 0.1) is 22.1 Å². The molecule has 0 atom stereocenters. The number of para-hydroxylation sites is 4. The summed E-state index contributed by atoms with van der Waals surface area (Å²) < 4.78 is 14.4. The number of benzene rings is 9. The third kappa shape index (κ3) is 5.83. The molecule has 2 aliphatic rings. The molecule has 4 nitrogen and oxygen atoms in total. The standard InChI is InChI=1S/C66H56N2O2/c1-37-27-29-53(41(5)31-37)67(51-23-15-11-19-39(51)3)55-35-49-59(63-61(55)43-21-13-17-25-57(43)69-63)45-33-48-46(34-47(45)65(49,7)8)60-50(66(48,9)10)36-56(62-44-22-14-18-26-58(44)70-64(60)62)68(52-24-16-12-20-40(52)4)54-30-28-38(2)32-42(54)6/h11-36H,1-10H3. The Bertz CT molecular complexity index is 3780. The van der Waals surface area contributed by atoms with E-state index in [1.54, 1.807) is 0 Å². The summed E-state index contributed by atoms with van der Waals surface area (Å²) in [6, 6.07) is 58.4. The lowest BCUT2D eigenvalue weighted by Gasteiger charge is -2.31. The van der Waals surface area contributed by atoms with Crippen molar-refractivity contribution in [3.63, 3.8) is 0 Å². The zero-order chi connectivity index (χ0) is 48.1. The van der Waals surface area contributed by atoms with E-state index in [0.717, 1.165) is 78.0 Å². The quantitative estimate of drug-likeness (QED) is 0.166. The van der Waals surface area contributed by atoms with Crippen LogP contribution in [0.15, 0.2) is 167 Å². The third-order valence-electron chi connectivity index (χ3n) is 16.0. The molecule has 13 rings (SSSR count). The van der Waals surface area contributed by atoms with E-state index in [9.17, 15) is 0 Å². The van der Waals surface area contributed by atoms with E-state index in [-0.39, 0.29) is 10.8 Å². The van der Waals surface area contributed by atoms with Crippen LogP contribution < -0.4 is 9.80 Å². The molecule has 0 saturated carbocycles. The Balaban J connectivity index is 1.09. The Kier molecular flexibility index (Phi) is 8.97. The summed E-state index contributed by atoms with van der Waals surface area (Å²) in [6.07, 6.45) is 0. The maximum absolute atomic E-state index is 7.22. The second kappa shape index (κ2) is 14.8. The predicted molar refractivity (Wildman–Crippen MR) is 294 cm³/mol. The van der Waals surface area contributed by atoms with Crippen molar-refractivity contribution in [1.29, 1.82) is 0 Å². The molecule has 342 valence electrons. The third-order valence-corrected chi connectivity index (χ3v) is 16.0. The first-order valence-electron chi connectivity index (χ1n) is 24.8. The fourth-order valence-electron chi connectivity index (χ4n) is 12.5. The summed E-state index contributed by atoms with van der Waals surface area (Å²) in [5.41, 5.74) is 27.1. The van der Waals surface area contributed by atoms with Crippen molar-refractivity contribution in [2.24, 2.45) is 0 Å². The minimum atomic E-state index is -0.383. The lowest BCUT2D eigenvalue weighted by atomic mass is 9.79. The topological polar surface area (TPSA) is 32.8 Å². The average molecular weight is 909 g/mol. The van der Waals surface area contributed by atoms with Crippen LogP contribution in [0.3, 0.4) is 0 Å². The molecular weight excluding hydrogens is 853 g/mol. The summed E-state index contributed by atoms with van der Waals surface area (Å²) in [6.45, 7) is 22.9. The van der Waals surface area contributed by atoms with Gasteiger partial charge in [0.15, 0.2) is 0 Å². The van der Waals surface area contributed by atoms with E-state index in [1.807, 2.05) is 0 Å². The maximum Gasteiger partial charge on any atom is 0.145 e. The van der Waals surface area contributed by atoms with Gasteiger partial charge in [0.25, 0.3) is 0 Å². The number of rotatable bonds is 6. The molecule has 0 unspecified atom stereocenters. The van der Waals surface area contributed by atoms with E-state index in [1.165, 1.54) is 77.9 Å². The molecule has 0 radical (unpaired) electrons. The van der Waals surface area contributed by atoms with Gasteiger partial charge in [0.2, 0.25) is 0 Å². The Morgan fingerprint density at radius 2 is 0.714 bits per heavy atom. The van der Waals surface area contributed by atoms with Gasteiger partial charge in [-0.05, 0) is 158 Å². The first-order chi connectivity index (χ1) is 33.7. The van der Waals surface area contributed by atoms with Crippen molar-refractivity contribution >= 4 is 78.0 Å². The number of nitrogens with zero attached hydrogens (tertiary/aromatic N) is 2. The molecule has 0 aliphatic heterocycles. The van der Waals surface area contributed by atoms with Gasteiger partial charge in [0, 0.05) is 55.5 Å². The minimum absolute atomic E-state index is 0.383. The van der Waals surface area contributed by atoms with Crippen LogP contribution in [-0.2, 0) is 10.8 Å². The van der Waals surface area contributed by atoms with Crippen LogP contribution in [0.25, 0.3) is 66.1 Å². The van der Waals surface area contributed by atoms with Crippen molar-refractivity contribution < 1.29 is 8.83 Å². The first kappa shape index (κ1) is 42.3. The summed E-state index contributed by atoms with van der Waals surface area (Å²) in [5, 5.41) is 4.47. The molecule has 0 N–H and O–H groups in total. The Hall–Kier alpha value is -7.82. The molecule has 2 heterocycles. The maximum atomic E-state index is 7.22. The predicted octanol–water partition coefficient (Wildman–Crippen LogP) is 18.9. The van der Waals surface area contributed by atoms with Gasteiger partial charge >= 0.3 is 0 Å². The van der Waals surface area contributed by atoms with Crippen molar-refractivity contribution in [3.05, 3.63) is 213 Å². The summed E-state index contributed by atoms with van der Waals surface area (Å²) in [4.78, 5) is 4.97. The highest BCUT2D eigenvalue weighted by Gasteiger charge is 2.46. The van der Waals surface area contributed by atoms with Gasteiger partial charge < -0.3 is 18.6 Å². The van der Waals surface area contributed by atoms with Crippen LogP contribution in [-0.4, -0.2) is 0 Å². The van der Waals surface area contributed by atoms with Crippen molar-refractivity contribution in [1.82, 2.24) is 0 Å². The van der Waals surface area contributed by atoms with Crippen LogP contribution >= 0.6 is 0 Å². The van der Waals surface area contributed by atoms with Crippen LogP contribution in [0.2, 0.25) is 0 Å². The number of hydrogen-bond donors (Lipinski definition) is 0. The second-order valence-corrected chi connectivity index (χ2v) is 21.3. The number of anilines is 6. The Morgan fingerprint density at radius 1 is 0.343 bits per heavy atom. The van der Waals surface area contributed by atoms with Crippen LogP contribution in [0.4, 0.5) is 34.1 Å². The van der Waals surface area contributed by atoms with Crippen molar-refractivity contribution in [2.75, 3.05) is 9.80 Å². The Labute approximate surface area is 410 Å². The Morgan fingerprint density at radius 3 is 1.11 bits per heavy atom. The molecule has 0 bridgehead atoms.